The molecule has 2 N–H and O–H groups in total. The number of nitrogens with zero attached hydrogens (tertiary/aromatic N) is 1. The Morgan fingerprint density at radius 1 is 1.23 bits per heavy atom. The highest BCUT2D eigenvalue weighted by Crippen LogP contribution is 2.47. The number of halogens is 1. The zero-order valence-electron chi connectivity index (χ0n) is 13.9. The summed E-state index contributed by atoms with van der Waals surface area (Å²) in [5, 5.41) is 12.6. The van der Waals surface area contributed by atoms with Crippen LogP contribution in [0.1, 0.15) is 41.9 Å². The predicted molar refractivity (Wildman–Crippen MR) is 95.8 cm³/mol. The summed E-state index contributed by atoms with van der Waals surface area (Å²) < 4.78 is 6.00. The van der Waals surface area contributed by atoms with E-state index >= 15 is 0 Å². The summed E-state index contributed by atoms with van der Waals surface area (Å²) in [6.07, 6.45) is 2.39. The first-order chi connectivity index (χ1) is 12.5. The number of carboxylic acid groups (broad SMARTS) is 1. The number of pyridine rings is 1. The second-order valence-electron chi connectivity index (χ2n) is 6.68. The minimum absolute atomic E-state index is 0.0416. The van der Waals surface area contributed by atoms with E-state index in [4.69, 9.17) is 16.3 Å². The van der Waals surface area contributed by atoms with Crippen molar-refractivity contribution in [1.82, 2.24) is 4.98 Å². The van der Waals surface area contributed by atoms with Gasteiger partial charge in [0.05, 0.1) is 27.9 Å². The molecule has 1 aromatic carbocycles. The molecule has 1 aliphatic carbocycles. The highest BCUT2D eigenvalue weighted by molar-refractivity contribution is 6.32. The van der Waals surface area contributed by atoms with Gasteiger partial charge in [-0.3, -0.25) is 4.79 Å². The molecule has 2 heterocycles. The molecule has 4 rings (SSSR count). The van der Waals surface area contributed by atoms with Crippen LogP contribution in [0.2, 0.25) is 5.02 Å². The van der Waals surface area contributed by atoms with Crippen molar-refractivity contribution in [3.63, 3.8) is 0 Å². The van der Waals surface area contributed by atoms with Crippen molar-refractivity contribution in [3.8, 4) is 5.75 Å². The van der Waals surface area contributed by atoms with Crippen LogP contribution in [0.15, 0.2) is 36.4 Å². The third-order valence-electron chi connectivity index (χ3n) is 5.17. The molecule has 0 atom stereocenters. The number of aromatic nitrogens is 1. The molecule has 2 aromatic rings. The number of carbonyl (C=O) groups is 2. The second-order valence-corrected chi connectivity index (χ2v) is 7.09. The quantitative estimate of drug-likeness (QED) is 0.858. The average Bonchev–Trinajstić information content (AvgIpc) is 2.90. The fourth-order valence-electron chi connectivity index (χ4n) is 3.78. The van der Waals surface area contributed by atoms with E-state index < -0.39 is 11.4 Å². The van der Waals surface area contributed by atoms with E-state index in [9.17, 15) is 14.7 Å². The Kier molecular flexibility index (Phi) is 4.07. The molecular formula is C19H17ClN2O4. The number of para-hydroxylation sites is 1. The molecule has 0 unspecified atom stereocenters. The van der Waals surface area contributed by atoms with Crippen LogP contribution in [0.4, 0.5) is 5.69 Å². The van der Waals surface area contributed by atoms with Crippen LogP contribution in [0.25, 0.3) is 0 Å². The first-order valence-electron chi connectivity index (χ1n) is 8.47. The van der Waals surface area contributed by atoms with Crippen molar-refractivity contribution >= 4 is 29.2 Å². The zero-order valence-corrected chi connectivity index (χ0v) is 14.6. The zero-order chi connectivity index (χ0) is 18.3. The van der Waals surface area contributed by atoms with Gasteiger partial charge in [-0.1, -0.05) is 23.7 Å². The number of amides is 1. The molecule has 134 valence electrons. The second kappa shape index (κ2) is 6.29. The molecule has 1 fully saturated rings. The van der Waals surface area contributed by atoms with Crippen molar-refractivity contribution in [2.45, 2.75) is 37.2 Å². The number of ether oxygens (including phenoxy) is 1. The average molecular weight is 373 g/mol. The van der Waals surface area contributed by atoms with Gasteiger partial charge in [-0.2, -0.15) is 0 Å². The Hall–Kier alpha value is -2.60. The van der Waals surface area contributed by atoms with Gasteiger partial charge in [0.2, 0.25) is 5.91 Å². The summed E-state index contributed by atoms with van der Waals surface area (Å²) in [6.45, 7) is 0. The summed E-state index contributed by atoms with van der Waals surface area (Å²) in [5.41, 5.74) is 0.319. The topological polar surface area (TPSA) is 88.5 Å². The van der Waals surface area contributed by atoms with Crippen LogP contribution in [0.3, 0.4) is 0 Å². The lowest BCUT2D eigenvalue weighted by atomic mass is 9.71. The largest absolute Gasteiger partial charge is 0.489 e. The number of hydrogen-bond acceptors (Lipinski definition) is 4. The van der Waals surface area contributed by atoms with Crippen molar-refractivity contribution in [2.24, 2.45) is 0 Å². The van der Waals surface area contributed by atoms with Gasteiger partial charge < -0.3 is 15.2 Å². The minimum Gasteiger partial charge on any atom is -0.489 e. The first kappa shape index (κ1) is 16.8. The Balaban J connectivity index is 1.55. The monoisotopic (exact) mass is 372 g/mol. The van der Waals surface area contributed by atoms with Gasteiger partial charge in [0.1, 0.15) is 11.4 Å². The molecule has 0 bridgehead atoms. The number of carboxylic acids is 1. The van der Waals surface area contributed by atoms with Crippen LogP contribution < -0.4 is 10.1 Å². The summed E-state index contributed by atoms with van der Waals surface area (Å²) in [5.74, 6) is -0.575. The van der Waals surface area contributed by atoms with Gasteiger partial charge in [0, 0.05) is 0 Å². The Labute approximate surface area is 155 Å². The van der Waals surface area contributed by atoms with Gasteiger partial charge in [0.25, 0.3) is 0 Å². The maximum atomic E-state index is 12.6. The molecule has 1 aliphatic heterocycles. The van der Waals surface area contributed by atoms with Crippen LogP contribution >= 0.6 is 11.6 Å². The molecule has 7 heteroatoms. The Morgan fingerprint density at radius 3 is 2.65 bits per heavy atom. The van der Waals surface area contributed by atoms with Gasteiger partial charge in [-0.25, -0.2) is 9.78 Å². The summed E-state index contributed by atoms with van der Waals surface area (Å²) in [6, 6.07) is 10.3. The normalized spacial score (nSPS) is 24.2. The third kappa shape index (κ3) is 2.70. The molecule has 1 saturated carbocycles. The number of benzene rings is 1. The SMILES string of the molecule is O=C(O)c1ccc2c(n1)[C@]1(CC[C@H](Oc3ccccc3Cl)CC1)C(=O)N2. The van der Waals surface area contributed by atoms with E-state index in [1.54, 1.807) is 12.1 Å². The third-order valence-corrected chi connectivity index (χ3v) is 5.48. The highest BCUT2D eigenvalue weighted by atomic mass is 35.5. The number of rotatable bonds is 3. The Morgan fingerprint density at radius 2 is 1.96 bits per heavy atom. The molecule has 26 heavy (non-hydrogen) atoms. The van der Waals surface area contributed by atoms with Crippen LogP contribution in [-0.2, 0) is 10.2 Å². The predicted octanol–water partition coefficient (Wildman–Crippen LogP) is 3.64. The van der Waals surface area contributed by atoms with Gasteiger partial charge in [-0.05, 0) is 49.9 Å². The number of aromatic carboxylic acids is 1. The maximum Gasteiger partial charge on any atom is 0.354 e. The van der Waals surface area contributed by atoms with E-state index in [-0.39, 0.29) is 17.7 Å². The molecule has 1 spiro atoms. The summed E-state index contributed by atoms with van der Waals surface area (Å²) >= 11 is 6.15. The molecule has 0 saturated heterocycles. The van der Waals surface area contributed by atoms with Crippen LogP contribution in [0, 0.1) is 0 Å². The summed E-state index contributed by atoms with van der Waals surface area (Å²) in [4.78, 5) is 28.1. The number of fused-ring (bicyclic) bond motifs is 2. The molecule has 0 radical (unpaired) electrons. The van der Waals surface area contributed by atoms with E-state index in [0.717, 1.165) is 0 Å². The van der Waals surface area contributed by atoms with Crippen molar-refractivity contribution < 1.29 is 19.4 Å². The van der Waals surface area contributed by atoms with Gasteiger partial charge in [-0.15, -0.1) is 0 Å². The van der Waals surface area contributed by atoms with Crippen molar-refractivity contribution in [3.05, 3.63) is 52.8 Å². The molecular weight excluding hydrogens is 356 g/mol. The number of hydrogen-bond donors (Lipinski definition) is 2. The standard InChI is InChI=1S/C19H17ClN2O4/c20-12-3-1-2-4-15(12)26-11-7-9-19(10-8-11)16-13(22-18(19)25)5-6-14(21-16)17(23)24/h1-6,11H,7-10H2,(H,22,25)(H,23,24)/t11-,19+. The molecule has 2 aliphatic rings. The lowest BCUT2D eigenvalue weighted by Crippen LogP contribution is -2.41. The number of nitrogens with one attached hydrogen (secondary N) is 1. The van der Waals surface area contributed by atoms with Crippen LogP contribution in [0.5, 0.6) is 5.75 Å². The molecule has 1 amide bonds. The fourth-order valence-corrected chi connectivity index (χ4v) is 3.96. The first-order valence-corrected chi connectivity index (χ1v) is 8.85. The molecule has 1 aromatic heterocycles. The van der Waals surface area contributed by atoms with E-state index in [0.29, 0.717) is 47.8 Å². The van der Waals surface area contributed by atoms with Crippen molar-refractivity contribution in [2.75, 3.05) is 5.32 Å². The van der Waals surface area contributed by atoms with E-state index in [1.807, 2.05) is 18.2 Å². The van der Waals surface area contributed by atoms with E-state index in [2.05, 4.69) is 10.3 Å². The highest BCUT2D eigenvalue weighted by Gasteiger charge is 2.50. The summed E-state index contributed by atoms with van der Waals surface area (Å²) in [7, 11) is 0. The minimum atomic E-state index is -1.10. The van der Waals surface area contributed by atoms with Crippen LogP contribution in [-0.4, -0.2) is 28.1 Å². The number of carbonyl (C=O) groups excluding carboxylic acids is 1. The fraction of sp³-hybridized carbons (Fsp3) is 0.316. The maximum absolute atomic E-state index is 12.6. The van der Waals surface area contributed by atoms with Gasteiger partial charge in [0.15, 0.2) is 0 Å². The Bertz CT molecular complexity index is 891. The van der Waals surface area contributed by atoms with Crippen molar-refractivity contribution in [1.29, 1.82) is 0 Å². The molecule has 6 nitrogen and oxygen atoms in total. The smallest absolute Gasteiger partial charge is 0.354 e. The van der Waals surface area contributed by atoms with E-state index in [1.165, 1.54) is 6.07 Å². The lowest BCUT2D eigenvalue weighted by Gasteiger charge is -2.35. The number of anilines is 1. The lowest BCUT2D eigenvalue weighted by molar-refractivity contribution is -0.122. The van der Waals surface area contributed by atoms with Gasteiger partial charge >= 0.3 is 5.97 Å².